The second-order valence-corrected chi connectivity index (χ2v) is 4.70. The zero-order valence-electron chi connectivity index (χ0n) is 9.67. The fraction of sp³-hybridized carbons (Fsp3) is 0.167. The van der Waals surface area contributed by atoms with Crippen LogP contribution in [0.2, 0.25) is 0 Å². The predicted molar refractivity (Wildman–Crippen MR) is 71.3 cm³/mol. The molecule has 1 aromatic carbocycles. The van der Waals surface area contributed by atoms with Crippen molar-refractivity contribution in [3.8, 4) is 0 Å². The smallest absolute Gasteiger partial charge is 0.330 e. The summed E-state index contributed by atoms with van der Waals surface area (Å²) in [5.74, 6) is -0.946. The number of nitrogens with zero attached hydrogens (tertiary/aromatic N) is 2. The molecule has 0 spiro atoms. The molecule has 1 aromatic heterocycles. The number of halogens is 1. The van der Waals surface area contributed by atoms with Gasteiger partial charge in [-0.3, -0.25) is 4.68 Å². The van der Waals surface area contributed by atoms with E-state index in [0.717, 1.165) is 10.2 Å². The summed E-state index contributed by atoms with van der Waals surface area (Å²) in [5, 5.41) is 16.2. The van der Waals surface area contributed by atoms with E-state index in [9.17, 15) is 9.90 Å². The Kier molecular flexibility index (Phi) is 3.66. The fourth-order valence-electron chi connectivity index (χ4n) is 1.61. The van der Waals surface area contributed by atoms with E-state index >= 15 is 0 Å². The third kappa shape index (κ3) is 2.70. The van der Waals surface area contributed by atoms with Crippen LogP contribution in [0.15, 0.2) is 41.1 Å². The van der Waals surface area contributed by atoms with E-state index in [2.05, 4.69) is 26.3 Å². The zero-order valence-corrected chi connectivity index (χ0v) is 11.3. The lowest BCUT2D eigenvalue weighted by atomic mass is 10.1. The standard InChI is InChI=1S/C12H12BrN3O2/c1-16-7-8(6-14-16)11(12(17)18)15-10-5-3-2-4-9(10)13/h2-7,11,15H,1H3,(H,17,18). The summed E-state index contributed by atoms with van der Waals surface area (Å²) in [6.45, 7) is 0. The van der Waals surface area contributed by atoms with Gasteiger partial charge >= 0.3 is 5.97 Å². The molecular weight excluding hydrogens is 298 g/mol. The van der Waals surface area contributed by atoms with Crippen molar-refractivity contribution in [2.24, 2.45) is 7.05 Å². The third-order valence-electron chi connectivity index (χ3n) is 2.48. The van der Waals surface area contributed by atoms with Crippen LogP contribution in [0.1, 0.15) is 11.6 Å². The number of aryl methyl sites for hydroxylation is 1. The summed E-state index contributed by atoms with van der Waals surface area (Å²) in [6.07, 6.45) is 3.23. The Labute approximate surface area is 113 Å². The molecule has 0 bridgehead atoms. The molecule has 0 amide bonds. The van der Waals surface area contributed by atoms with E-state index in [0.29, 0.717) is 5.56 Å². The van der Waals surface area contributed by atoms with Crippen LogP contribution in [0.5, 0.6) is 0 Å². The molecule has 0 saturated heterocycles. The van der Waals surface area contributed by atoms with Gasteiger partial charge in [-0.1, -0.05) is 12.1 Å². The van der Waals surface area contributed by atoms with Crippen molar-refractivity contribution < 1.29 is 9.90 Å². The molecule has 94 valence electrons. The van der Waals surface area contributed by atoms with E-state index in [4.69, 9.17) is 0 Å². The Hall–Kier alpha value is -1.82. The topological polar surface area (TPSA) is 67.2 Å². The minimum atomic E-state index is -0.946. The zero-order chi connectivity index (χ0) is 13.1. The summed E-state index contributed by atoms with van der Waals surface area (Å²) in [5.41, 5.74) is 1.34. The normalized spacial score (nSPS) is 12.1. The van der Waals surface area contributed by atoms with Gasteiger partial charge in [0.15, 0.2) is 6.04 Å². The van der Waals surface area contributed by atoms with Gasteiger partial charge in [-0.05, 0) is 28.1 Å². The second-order valence-electron chi connectivity index (χ2n) is 3.84. The molecular formula is C12H12BrN3O2. The number of carboxylic acids is 1. The first-order valence-corrected chi connectivity index (χ1v) is 6.09. The van der Waals surface area contributed by atoms with E-state index in [1.165, 1.54) is 0 Å². The van der Waals surface area contributed by atoms with E-state index < -0.39 is 12.0 Å². The number of benzene rings is 1. The minimum absolute atomic E-state index is 0.612. The Bertz CT molecular complexity index is 568. The van der Waals surface area contributed by atoms with E-state index in [1.807, 2.05) is 24.3 Å². The Morgan fingerprint density at radius 1 is 1.50 bits per heavy atom. The number of carboxylic acid groups (broad SMARTS) is 1. The van der Waals surface area contributed by atoms with Gasteiger partial charge in [0.25, 0.3) is 0 Å². The van der Waals surface area contributed by atoms with Gasteiger partial charge in [0.2, 0.25) is 0 Å². The predicted octanol–water partition coefficient (Wildman–Crippen LogP) is 2.42. The summed E-state index contributed by atoms with van der Waals surface area (Å²) < 4.78 is 2.40. The molecule has 0 aliphatic rings. The van der Waals surface area contributed by atoms with Crippen molar-refractivity contribution in [3.05, 3.63) is 46.7 Å². The lowest BCUT2D eigenvalue weighted by Gasteiger charge is -2.15. The molecule has 1 heterocycles. The quantitative estimate of drug-likeness (QED) is 0.910. The number of nitrogens with one attached hydrogen (secondary N) is 1. The molecule has 2 aromatic rings. The van der Waals surface area contributed by atoms with Gasteiger partial charge in [0, 0.05) is 29.0 Å². The van der Waals surface area contributed by atoms with Gasteiger partial charge in [-0.2, -0.15) is 5.10 Å². The Balaban J connectivity index is 2.28. The largest absolute Gasteiger partial charge is 0.479 e. The first kappa shape index (κ1) is 12.6. The van der Waals surface area contributed by atoms with Crippen LogP contribution in [-0.4, -0.2) is 20.9 Å². The molecule has 0 saturated carbocycles. The van der Waals surface area contributed by atoms with Gasteiger partial charge < -0.3 is 10.4 Å². The highest BCUT2D eigenvalue weighted by atomic mass is 79.9. The lowest BCUT2D eigenvalue weighted by Crippen LogP contribution is -2.20. The first-order chi connectivity index (χ1) is 8.58. The number of rotatable bonds is 4. The average Bonchev–Trinajstić information content (AvgIpc) is 2.74. The fourth-order valence-corrected chi connectivity index (χ4v) is 2.01. The van der Waals surface area contributed by atoms with Gasteiger partial charge in [-0.25, -0.2) is 4.79 Å². The molecule has 0 fully saturated rings. The number of anilines is 1. The molecule has 1 atom stereocenters. The van der Waals surface area contributed by atoms with Crippen LogP contribution in [0.3, 0.4) is 0 Å². The lowest BCUT2D eigenvalue weighted by molar-refractivity contribution is -0.138. The van der Waals surface area contributed by atoms with Crippen LogP contribution >= 0.6 is 15.9 Å². The van der Waals surface area contributed by atoms with Crippen molar-refractivity contribution in [2.45, 2.75) is 6.04 Å². The second kappa shape index (κ2) is 5.22. The summed E-state index contributed by atoms with van der Waals surface area (Å²) in [6, 6.07) is 6.56. The maximum Gasteiger partial charge on any atom is 0.330 e. The maximum absolute atomic E-state index is 11.3. The van der Waals surface area contributed by atoms with Gasteiger partial charge in [0.05, 0.1) is 6.20 Å². The highest BCUT2D eigenvalue weighted by Crippen LogP contribution is 2.26. The van der Waals surface area contributed by atoms with Crippen molar-refractivity contribution >= 4 is 27.6 Å². The SMILES string of the molecule is Cn1cc(C(Nc2ccccc2Br)C(=O)O)cn1. The Morgan fingerprint density at radius 3 is 2.78 bits per heavy atom. The minimum Gasteiger partial charge on any atom is -0.479 e. The highest BCUT2D eigenvalue weighted by Gasteiger charge is 2.21. The van der Waals surface area contributed by atoms with Crippen molar-refractivity contribution in [2.75, 3.05) is 5.32 Å². The average molecular weight is 310 g/mol. The molecule has 0 aliphatic heterocycles. The number of hydrogen-bond donors (Lipinski definition) is 2. The molecule has 2 N–H and O–H groups in total. The van der Waals surface area contributed by atoms with Gasteiger partial charge in [-0.15, -0.1) is 0 Å². The van der Waals surface area contributed by atoms with Crippen LogP contribution in [0.25, 0.3) is 0 Å². The van der Waals surface area contributed by atoms with E-state index in [-0.39, 0.29) is 0 Å². The summed E-state index contributed by atoms with van der Waals surface area (Å²) in [7, 11) is 1.75. The molecule has 2 rings (SSSR count). The number of hydrogen-bond acceptors (Lipinski definition) is 3. The molecule has 18 heavy (non-hydrogen) atoms. The van der Waals surface area contributed by atoms with Crippen LogP contribution in [0, 0.1) is 0 Å². The molecule has 0 radical (unpaired) electrons. The van der Waals surface area contributed by atoms with Crippen LogP contribution < -0.4 is 5.32 Å². The van der Waals surface area contributed by atoms with Crippen molar-refractivity contribution in [1.29, 1.82) is 0 Å². The number of aliphatic carboxylic acids is 1. The number of carbonyl (C=O) groups is 1. The molecule has 5 nitrogen and oxygen atoms in total. The Morgan fingerprint density at radius 2 is 2.22 bits per heavy atom. The van der Waals surface area contributed by atoms with E-state index in [1.54, 1.807) is 24.1 Å². The van der Waals surface area contributed by atoms with Crippen molar-refractivity contribution in [1.82, 2.24) is 9.78 Å². The van der Waals surface area contributed by atoms with Crippen molar-refractivity contribution in [3.63, 3.8) is 0 Å². The molecule has 0 aliphatic carbocycles. The molecule has 6 heteroatoms. The highest BCUT2D eigenvalue weighted by molar-refractivity contribution is 9.10. The number of aromatic nitrogens is 2. The summed E-state index contributed by atoms with van der Waals surface area (Å²) in [4.78, 5) is 11.3. The van der Waals surface area contributed by atoms with Gasteiger partial charge in [0.1, 0.15) is 0 Å². The summed E-state index contributed by atoms with van der Waals surface area (Å²) >= 11 is 3.38. The third-order valence-corrected chi connectivity index (χ3v) is 3.17. The van der Waals surface area contributed by atoms with Crippen LogP contribution in [0.4, 0.5) is 5.69 Å². The molecule has 1 unspecified atom stereocenters. The monoisotopic (exact) mass is 309 g/mol. The maximum atomic E-state index is 11.3. The first-order valence-electron chi connectivity index (χ1n) is 5.30. The number of para-hydroxylation sites is 1. The van der Waals surface area contributed by atoms with Crippen LogP contribution in [-0.2, 0) is 11.8 Å².